The van der Waals surface area contributed by atoms with Gasteiger partial charge in [0, 0.05) is 0 Å². The van der Waals surface area contributed by atoms with Crippen LogP contribution in [0, 0.1) is 0 Å². The van der Waals surface area contributed by atoms with E-state index in [0.29, 0.717) is 0 Å². The van der Waals surface area contributed by atoms with Crippen LogP contribution in [0.5, 0.6) is 0 Å². The van der Waals surface area contributed by atoms with Crippen molar-refractivity contribution >= 4 is 5.57 Å². The molecule has 0 heterocycles. The second-order valence-corrected chi connectivity index (χ2v) is 6.24. The van der Waals surface area contributed by atoms with Gasteiger partial charge in [0.2, 0.25) is 0 Å². The topological polar surface area (TPSA) is 3.24 Å². The van der Waals surface area contributed by atoms with E-state index in [1.807, 2.05) is 0 Å². The van der Waals surface area contributed by atoms with Crippen LogP contribution in [0.1, 0.15) is 44.2 Å². The minimum atomic E-state index is 1.05. The molecule has 19 heavy (non-hydrogen) atoms. The summed E-state index contributed by atoms with van der Waals surface area (Å²) < 4.78 is 2.43. The summed E-state index contributed by atoms with van der Waals surface area (Å²) in [5.74, 6) is 0. The van der Waals surface area contributed by atoms with E-state index >= 15 is 0 Å². The molecule has 0 spiro atoms. The standard InChI is InChI=1S/C17H22N.Ti/c1-3-4-11-18-13-16-7-5-6-8-17(16)15-10-9-14(2)12-15;/h5-9,12H,3-4,10-11,13H2,1-2H3;/q-1;+1. The average Bonchev–Trinajstić information content (AvgIpc) is 2.83. The van der Waals surface area contributed by atoms with Crippen LogP contribution in [0.3, 0.4) is 0 Å². The van der Waals surface area contributed by atoms with Crippen molar-refractivity contribution in [3.63, 3.8) is 0 Å². The van der Waals surface area contributed by atoms with E-state index in [1.54, 1.807) is 0 Å². The monoisotopic (exact) mass is 288 g/mol. The second-order valence-electron chi connectivity index (χ2n) is 5.25. The zero-order valence-electron chi connectivity index (χ0n) is 11.9. The molecule has 1 aliphatic carbocycles. The summed E-state index contributed by atoms with van der Waals surface area (Å²) in [6.45, 7) is 6.66. The Kier molecular flexibility index (Phi) is 5.63. The van der Waals surface area contributed by atoms with Crippen molar-refractivity contribution in [2.75, 3.05) is 6.54 Å². The van der Waals surface area contributed by atoms with Crippen molar-refractivity contribution < 1.29 is 20.7 Å². The average molecular weight is 288 g/mol. The first kappa shape index (κ1) is 14.8. The van der Waals surface area contributed by atoms with Gasteiger partial charge in [0.05, 0.1) is 0 Å². The van der Waals surface area contributed by atoms with Crippen molar-refractivity contribution in [3.05, 3.63) is 53.1 Å². The number of nitrogens with zero attached hydrogens (tertiary/aromatic N) is 1. The Morgan fingerprint density at radius 1 is 1.26 bits per heavy atom. The zero-order chi connectivity index (χ0) is 13.7. The molecule has 1 aliphatic rings. The second kappa shape index (κ2) is 7.24. The van der Waals surface area contributed by atoms with Gasteiger partial charge in [-0.05, 0) is 0 Å². The van der Waals surface area contributed by atoms with Gasteiger partial charge in [-0.2, -0.15) is 0 Å². The first-order valence-corrected chi connectivity index (χ1v) is 7.82. The van der Waals surface area contributed by atoms with Crippen LogP contribution < -0.4 is 0 Å². The predicted octanol–water partition coefficient (Wildman–Crippen LogP) is 4.48. The summed E-state index contributed by atoms with van der Waals surface area (Å²) in [5, 5.41) is 0. The van der Waals surface area contributed by atoms with Crippen molar-refractivity contribution in [2.24, 2.45) is 0 Å². The van der Waals surface area contributed by atoms with Gasteiger partial charge in [0.1, 0.15) is 0 Å². The fourth-order valence-corrected chi connectivity index (χ4v) is 2.97. The van der Waals surface area contributed by atoms with Crippen LogP contribution >= 0.6 is 0 Å². The first-order chi connectivity index (χ1) is 9.20. The molecule has 2 heteroatoms. The molecule has 1 aromatic rings. The summed E-state index contributed by atoms with van der Waals surface area (Å²) >= 11 is 2.22. The molecule has 0 unspecified atom stereocenters. The molecule has 0 atom stereocenters. The van der Waals surface area contributed by atoms with Gasteiger partial charge in [0.15, 0.2) is 0 Å². The molecule has 0 saturated carbocycles. The Balaban J connectivity index is 2.11. The summed E-state index contributed by atoms with van der Waals surface area (Å²) in [6.07, 6.45) is 8.27. The first-order valence-electron chi connectivity index (χ1n) is 7.12. The number of allylic oxidation sites excluding steroid dienone is 4. The van der Waals surface area contributed by atoms with E-state index in [9.17, 15) is 0 Å². The fourth-order valence-electron chi connectivity index (χ4n) is 2.46. The number of benzene rings is 1. The summed E-state index contributed by atoms with van der Waals surface area (Å²) in [4.78, 5) is 0. The van der Waals surface area contributed by atoms with E-state index in [4.69, 9.17) is 0 Å². The molecule has 0 aliphatic heterocycles. The Labute approximate surface area is 129 Å². The third-order valence-electron chi connectivity index (χ3n) is 3.55. The van der Waals surface area contributed by atoms with Crippen molar-refractivity contribution in [2.45, 2.75) is 39.7 Å². The molecule has 0 fully saturated rings. The molecule has 0 radical (unpaired) electrons. The zero-order valence-corrected chi connectivity index (χ0v) is 13.5. The molecular weight excluding hydrogens is 266 g/mol. The van der Waals surface area contributed by atoms with Gasteiger partial charge in [-0.15, -0.1) is 0 Å². The molecule has 0 amide bonds. The number of hydrogen-bond donors (Lipinski definition) is 0. The van der Waals surface area contributed by atoms with Gasteiger partial charge in [-0.3, -0.25) is 0 Å². The molecule has 1 aromatic carbocycles. The van der Waals surface area contributed by atoms with Crippen LogP contribution in [0.2, 0.25) is 0 Å². The van der Waals surface area contributed by atoms with Crippen LogP contribution in [0.15, 0.2) is 42.0 Å². The molecule has 0 aromatic heterocycles. The van der Waals surface area contributed by atoms with E-state index in [0.717, 1.165) is 13.0 Å². The predicted molar refractivity (Wildman–Crippen MR) is 78.1 cm³/mol. The molecule has 0 bridgehead atoms. The quantitative estimate of drug-likeness (QED) is 0.697. The molecule has 99 valence electrons. The molecular formula is C17H22NTi. The van der Waals surface area contributed by atoms with Gasteiger partial charge in [0.25, 0.3) is 0 Å². The van der Waals surface area contributed by atoms with E-state index in [2.05, 4.69) is 74.3 Å². The van der Waals surface area contributed by atoms with Gasteiger partial charge in [-0.1, -0.05) is 0 Å². The molecule has 0 N–H and O–H groups in total. The number of unbranched alkanes of at least 4 members (excludes halogenated alkanes) is 1. The summed E-state index contributed by atoms with van der Waals surface area (Å²) in [6, 6.07) is 8.84. The van der Waals surface area contributed by atoms with E-state index in [1.165, 1.54) is 41.7 Å². The van der Waals surface area contributed by atoms with Crippen LogP contribution in [-0.4, -0.2) is 9.93 Å². The van der Waals surface area contributed by atoms with Crippen LogP contribution in [0.25, 0.3) is 5.57 Å². The van der Waals surface area contributed by atoms with Crippen molar-refractivity contribution in [1.29, 1.82) is 0 Å². The van der Waals surface area contributed by atoms with Crippen molar-refractivity contribution in [1.82, 2.24) is 3.38 Å². The number of hydrogen-bond acceptors (Lipinski definition) is 1. The van der Waals surface area contributed by atoms with E-state index < -0.39 is 0 Å². The Hall–Kier alpha value is -0.626. The van der Waals surface area contributed by atoms with Crippen LogP contribution in [-0.2, 0) is 27.2 Å². The Morgan fingerprint density at radius 2 is 2.05 bits per heavy atom. The normalized spacial score (nSPS) is 14.6. The number of rotatable bonds is 6. The third kappa shape index (κ3) is 4.17. The maximum absolute atomic E-state index is 2.43. The molecule has 2 rings (SSSR count). The Morgan fingerprint density at radius 3 is 2.74 bits per heavy atom. The van der Waals surface area contributed by atoms with E-state index in [-0.39, 0.29) is 0 Å². The maximum atomic E-state index is 2.43. The summed E-state index contributed by atoms with van der Waals surface area (Å²) in [7, 11) is 0. The van der Waals surface area contributed by atoms with Gasteiger partial charge < -0.3 is 0 Å². The summed E-state index contributed by atoms with van der Waals surface area (Å²) in [5.41, 5.74) is 5.75. The SMILES string of the molecule is CCCC[N]([Ti])Cc1ccccc1C1=CC(C)=CC1. The van der Waals surface area contributed by atoms with Gasteiger partial charge >= 0.3 is 129 Å². The van der Waals surface area contributed by atoms with Crippen LogP contribution in [0.4, 0.5) is 0 Å². The molecule has 0 saturated heterocycles. The third-order valence-corrected chi connectivity index (χ3v) is 4.15. The Bertz CT molecular complexity index is 488. The minimum absolute atomic E-state index is 1.05. The fraction of sp³-hybridized carbons (Fsp3) is 0.412. The molecule has 1 nitrogen and oxygen atoms in total. The van der Waals surface area contributed by atoms with Crippen molar-refractivity contribution in [3.8, 4) is 0 Å². The van der Waals surface area contributed by atoms with Gasteiger partial charge in [-0.25, -0.2) is 0 Å².